The highest BCUT2D eigenvalue weighted by Crippen LogP contribution is 2.38. The van der Waals surface area contributed by atoms with E-state index < -0.39 is 5.97 Å². The van der Waals surface area contributed by atoms with Gasteiger partial charge in [-0.25, -0.2) is 4.79 Å². The van der Waals surface area contributed by atoms with Crippen LogP contribution in [0.4, 0.5) is 5.00 Å². The number of carbonyl (C=O) groups excluding carboxylic acids is 1. The normalized spacial score (nSPS) is 13.2. The van der Waals surface area contributed by atoms with Gasteiger partial charge in [0.2, 0.25) is 0 Å². The Morgan fingerprint density at radius 3 is 2.62 bits per heavy atom. The van der Waals surface area contributed by atoms with Gasteiger partial charge in [0.05, 0.1) is 5.56 Å². The zero-order valence-corrected chi connectivity index (χ0v) is 14.4. The summed E-state index contributed by atoms with van der Waals surface area (Å²) in [5.41, 5.74) is 1.10. The fourth-order valence-corrected chi connectivity index (χ4v) is 4.15. The number of aryl methyl sites for hydroxylation is 1. The molecule has 1 heterocycles. The maximum absolute atomic E-state index is 12.1. The van der Waals surface area contributed by atoms with Crippen molar-refractivity contribution in [3.8, 4) is 5.75 Å². The van der Waals surface area contributed by atoms with Crippen molar-refractivity contribution in [1.29, 1.82) is 0 Å². The predicted octanol–water partition coefficient (Wildman–Crippen LogP) is 4.00. The van der Waals surface area contributed by atoms with E-state index in [1.807, 2.05) is 0 Å². The molecule has 0 saturated heterocycles. The number of thiophene rings is 1. The van der Waals surface area contributed by atoms with Gasteiger partial charge in [-0.3, -0.25) is 4.79 Å². The van der Waals surface area contributed by atoms with E-state index >= 15 is 0 Å². The summed E-state index contributed by atoms with van der Waals surface area (Å²) in [5.74, 6) is -0.854. The van der Waals surface area contributed by atoms with Gasteiger partial charge in [0.1, 0.15) is 10.8 Å². The summed E-state index contributed by atoms with van der Waals surface area (Å²) in [7, 11) is 0. The van der Waals surface area contributed by atoms with Crippen LogP contribution in [0.3, 0.4) is 0 Å². The Morgan fingerprint density at radius 1 is 1.21 bits per heavy atom. The van der Waals surface area contributed by atoms with Crippen LogP contribution in [0.5, 0.6) is 5.75 Å². The third kappa shape index (κ3) is 3.71. The first-order valence-corrected chi connectivity index (χ1v) is 8.80. The molecule has 2 N–H and O–H groups in total. The first kappa shape index (κ1) is 16.8. The van der Waals surface area contributed by atoms with Crippen LogP contribution in [0.1, 0.15) is 33.6 Å². The molecule has 1 aliphatic carbocycles. The zero-order chi connectivity index (χ0) is 17.1. The molecule has 126 valence electrons. The molecular formula is C17H16ClNO4S. The van der Waals surface area contributed by atoms with Crippen molar-refractivity contribution in [2.75, 3.05) is 11.9 Å². The van der Waals surface area contributed by atoms with Crippen LogP contribution in [-0.4, -0.2) is 23.6 Å². The van der Waals surface area contributed by atoms with Gasteiger partial charge in [-0.15, -0.1) is 11.3 Å². The number of hydrogen-bond donors (Lipinski definition) is 2. The van der Waals surface area contributed by atoms with Gasteiger partial charge in [-0.1, -0.05) is 11.6 Å². The maximum Gasteiger partial charge on any atom is 0.339 e. The lowest BCUT2D eigenvalue weighted by molar-refractivity contribution is -0.118. The van der Waals surface area contributed by atoms with Crippen molar-refractivity contribution in [3.05, 3.63) is 45.3 Å². The van der Waals surface area contributed by atoms with Gasteiger partial charge < -0.3 is 15.2 Å². The smallest absolute Gasteiger partial charge is 0.339 e. The van der Waals surface area contributed by atoms with Crippen LogP contribution in [0.25, 0.3) is 0 Å². The average Bonchev–Trinajstić information content (AvgIpc) is 2.92. The number of hydrogen-bond acceptors (Lipinski definition) is 4. The summed E-state index contributed by atoms with van der Waals surface area (Å²) in [6, 6.07) is 6.68. The predicted molar refractivity (Wildman–Crippen MR) is 93.5 cm³/mol. The van der Waals surface area contributed by atoms with E-state index in [1.54, 1.807) is 24.3 Å². The Bertz CT molecular complexity index is 770. The number of nitrogens with one attached hydrogen (secondary N) is 1. The van der Waals surface area contributed by atoms with Crippen LogP contribution in [0.15, 0.2) is 24.3 Å². The van der Waals surface area contributed by atoms with Crippen LogP contribution in [-0.2, 0) is 17.6 Å². The quantitative estimate of drug-likeness (QED) is 0.839. The minimum absolute atomic E-state index is 0.191. The van der Waals surface area contributed by atoms with E-state index in [0.29, 0.717) is 15.8 Å². The Labute approximate surface area is 148 Å². The number of aromatic carboxylic acids is 1. The molecule has 0 aliphatic heterocycles. The lowest BCUT2D eigenvalue weighted by Crippen LogP contribution is -2.21. The SMILES string of the molecule is O=C(COc1ccc(Cl)cc1)Nc1sc2c(c1C(=O)O)CCCC2. The monoisotopic (exact) mass is 365 g/mol. The summed E-state index contributed by atoms with van der Waals surface area (Å²) in [5, 5.41) is 13.1. The Balaban J connectivity index is 1.69. The van der Waals surface area contributed by atoms with E-state index in [4.69, 9.17) is 16.3 Å². The van der Waals surface area contributed by atoms with Gasteiger partial charge in [0.15, 0.2) is 6.61 Å². The fraction of sp³-hybridized carbons (Fsp3) is 0.294. The minimum Gasteiger partial charge on any atom is -0.484 e. The van der Waals surface area contributed by atoms with Crippen molar-refractivity contribution in [2.24, 2.45) is 0 Å². The largest absolute Gasteiger partial charge is 0.484 e. The molecule has 1 aromatic carbocycles. The van der Waals surface area contributed by atoms with Gasteiger partial charge in [0.25, 0.3) is 5.91 Å². The topological polar surface area (TPSA) is 75.6 Å². The highest BCUT2D eigenvalue weighted by Gasteiger charge is 2.26. The average molecular weight is 366 g/mol. The highest BCUT2D eigenvalue weighted by atomic mass is 35.5. The van der Waals surface area contributed by atoms with Crippen molar-refractivity contribution in [3.63, 3.8) is 0 Å². The number of halogens is 1. The van der Waals surface area contributed by atoms with E-state index in [9.17, 15) is 14.7 Å². The Hall–Kier alpha value is -2.05. The van der Waals surface area contributed by atoms with Crippen molar-refractivity contribution in [1.82, 2.24) is 0 Å². The van der Waals surface area contributed by atoms with Gasteiger partial charge in [-0.2, -0.15) is 0 Å². The molecule has 0 bridgehead atoms. The number of amides is 1. The molecule has 0 radical (unpaired) electrons. The number of benzene rings is 1. The molecule has 1 aromatic heterocycles. The highest BCUT2D eigenvalue weighted by molar-refractivity contribution is 7.17. The third-order valence-electron chi connectivity index (χ3n) is 3.82. The zero-order valence-electron chi connectivity index (χ0n) is 12.8. The minimum atomic E-state index is -0.997. The van der Waals surface area contributed by atoms with E-state index in [2.05, 4.69) is 5.32 Å². The number of fused-ring (bicyclic) bond motifs is 1. The molecule has 0 atom stereocenters. The van der Waals surface area contributed by atoms with Gasteiger partial charge in [0, 0.05) is 9.90 Å². The molecule has 2 aromatic rings. The summed E-state index contributed by atoms with van der Waals surface area (Å²) >= 11 is 7.15. The summed E-state index contributed by atoms with van der Waals surface area (Å²) in [6.45, 7) is -0.191. The molecule has 7 heteroatoms. The molecule has 0 spiro atoms. The number of ether oxygens (including phenoxy) is 1. The van der Waals surface area contributed by atoms with Gasteiger partial charge >= 0.3 is 5.97 Å². The second-order valence-corrected chi connectivity index (χ2v) is 7.05. The fourth-order valence-electron chi connectivity index (χ4n) is 2.72. The second kappa shape index (κ2) is 7.23. The van der Waals surface area contributed by atoms with Crippen molar-refractivity contribution >= 4 is 39.8 Å². The van der Waals surface area contributed by atoms with E-state index in [0.717, 1.165) is 36.1 Å². The number of carboxylic acids is 1. The number of carbonyl (C=O) groups is 2. The molecule has 3 rings (SSSR count). The third-order valence-corrected chi connectivity index (χ3v) is 5.28. The number of carboxylic acid groups (broad SMARTS) is 1. The standard InChI is InChI=1S/C17H16ClNO4S/c18-10-5-7-11(8-6-10)23-9-14(20)19-16-15(17(21)22)12-3-1-2-4-13(12)24-16/h5-8H,1-4,9H2,(H,19,20)(H,21,22). The van der Waals surface area contributed by atoms with Crippen molar-refractivity contribution < 1.29 is 19.4 Å². The second-order valence-electron chi connectivity index (χ2n) is 5.51. The lowest BCUT2D eigenvalue weighted by Gasteiger charge is -2.10. The summed E-state index contributed by atoms with van der Waals surface area (Å²) in [4.78, 5) is 24.7. The van der Waals surface area contributed by atoms with Crippen molar-refractivity contribution in [2.45, 2.75) is 25.7 Å². The molecule has 0 saturated carbocycles. The lowest BCUT2D eigenvalue weighted by atomic mass is 9.95. The molecular weight excluding hydrogens is 350 g/mol. The molecule has 24 heavy (non-hydrogen) atoms. The summed E-state index contributed by atoms with van der Waals surface area (Å²) in [6.07, 6.45) is 3.67. The molecule has 0 fully saturated rings. The first-order valence-electron chi connectivity index (χ1n) is 7.60. The summed E-state index contributed by atoms with van der Waals surface area (Å²) < 4.78 is 5.38. The van der Waals surface area contributed by atoms with Crippen LogP contribution in [0, 0.1) is 0 Å². The number of anilines is 1. The Morgan fingerprint density at radius 2 is 1.92 bits per heavy atom. The van der Waals surface area contributed by atoms with E-state index in [-0.39, 0.29) is 18.1 Å². The van der Waals surface area contributed by atoms with Crippen LogP contribution < -0.4 is 10.1 Å². The van der Waals surface area contributed by atoms with E-state index in [1.165, 1.54) is 11.3 Å². The number of rotatable bonds is 5. The van der Waals surface area contributed by atoms with Crippen LogP contribution in [0.2, 0.25) is 5.02 Å². The molecule has 5 nitrogen and oxygen atoms in total. The van der Waals surface area contributed by atoms with Crippen LogP contribution >= 0.6 is 22.9 Å². The molecule has 1 amide bonds. The maximum atomic E-state index is 12.1. The first-order chi connectivity index (χ1) is 11.5. The van der Waals surface area contributed by atoms with Gasteiger partial charge in [-0.05, 0) is 55.5 Å². The molecule has 0 unspecified atom stereocenters. The Kier molecular flexibility index (Phi) is 5.06. The molecule has 1 aliphatic rings.